The van der Waals surface area contributed by atoms with E-state index in [9.17, 15) is 9.90 Å². The standard InChI is InChI=1S/C17H20N2O4/c1-12-4-2-6-14(19-12)11-23-15-7-3-5-13(10-15)16(20)8-9-18-17(21)22/h2-7,10,16,18,20H,8-9,11H2,1H3,(H,21,22). The molecule has 0 bridgehead atoms. The Bertz CT molecular complexity index is 661. The molecule has 0 saturated carbocycles. The van der Waals surface area contributed by atoms with Gasteiger partial charge in [0.1, 0.15) is 12.4 Å². The third kappa shape index (κ3) is 5.60. The summed E-state index contributed by atoms with van der Waals surface area (Å²) in [6.07, 6.45) is -1.54. The van der Waals surface area contributed by atoms with Crippen LogP contribution in [0.25, 0.3) is 0 Å². The van der Waals surface area contributed by atoms with Crippen LogP contribution in [0.2, 0.25) is 0 Å². The van der Waals surface area contributed by atoms with Crippen molar-refractivity contribution in [1.82, 2.24) is 10.3 Å². The first-order valence-electron chi connectivity index (χ1n) is 7.35. The van der Waals surface area contributed by atoms with E-state index in [1.54, 1.807) is 18.2 Å². The monoisotopic (exact) mass is 316 g/mol. The summed E-state index contributed by atoms with van der Waals surface area (Å²) in [7, 11) is 0. The van der Waals surface area contributed by atoms with Crippen LogP contribution >= 0.6 is 0 Å². The Morgan fingerprint density at radius 1 is 1.30 bits per heavy atom. The van der Waals surface area contributed by atoms with Crippen LogP contribution in [-0.2, 0) is 6.61 Å². The number of amides is 1. The van der Waals surface area contributed by atoms with Gasteiger partial charge in [0.2, 0.25) is 0 Å². The van der Waals surface area contributed by atoms with Crippen molar-refractivity contribution in [3.8, 4) is 5.75 Å². The number of nitrogens with zero attached hydrogens (tertiary/aromatic N) is 1. The maximum atomic E-state index is 10.4. The van der Waals surface area contributed by atoms with Crippen LogP contribution in [0.3, 0.4) is 0 Å². The van der Waals surface area contributed by atoms with E-state index >= 15 is 0 Å². The molecule has 2 rings (SSSR count). The molecule has 0 saturated heterocycles. The predicted octanol–water partition coefficient (Wildman–Crippen LogP) is 2.66. The number of ether oxygens (including phenoxy) is 1. The quantitative estimate of drug-likeness (QED) is 0.730. The number of aromatic nitrogens is 1. The third-order valence-corrected chi connectivity index (χ3v) is 3.27. The summed E-state index contributed by atoms with van der Waals surface area (Å²) >= 11 is 0. The first-order chi connectivity index (χ1) is 11.0. The van der Waals surface area contributed by atoms with Gasteiger partial charge in [-0.05, 0) is 43.2 Å². The van der Waals surface area contributed by atoms with Gasteiger partial charge in [0, 0.05) is 12.2 Å². The SMILES string of the molecule is Cc1cccc(COc2cccc(C(O)CCNC(=O)O)c2)n1. The number of aryl methyl sites for hydroxylation is 1. The van der Waals surface area contributed by atoms with Crippen LogP contribution < -0.4 is 10.1 Å². The van der Waals surface area contributed by atoms with Crippen molar-refractivity contribution >= 4 is 6.09 Å². The van der Waals surface area contributed by atoms with Gasteiger partial charge in [-0.25, -0.2) is 4.79 Å². The Hall–Kier alpha value is -2.60. The molecular formula is C17H20N2O4. The summed E-state index contributed by atoms with van der Waals surface area (Å²) in [5, 5.41) is 20.8. The zero-order chi connectivity index (χ0) is 16.7. The number of hydrogen-bond acceptors (Lipinski definition) is 4. The number of benzene rings is 1. The molecule has 6 heteroatoms. The zero-order valence-electron chi connectivity index (χ0n) is 12.9. The topological polar surface area (TPSA) is 91.7 Å². The third-order valence-electron chi connectivity index (χ3n) is 3.27. The number of hydrogen-bond donors (Lipinski definition) is 3. The van der Waals surface area contributed by atoms with Gasteiger partial charge in [0.15, 0.2) is 0 Å². The summed E-state index contributed by atoms with van der Waals surface area (Å²) in [6, 6.07) is 12.9. The fourth-order valence-electron chi connectivity index (χ4n) is 2.13. The van der Waals surface area contributed by atoms with E-state index in [2.05, 4.69) is 10.3 Å². The van der Waals surface area contributed by atoms with E-state index in [1.165, 1.54) is 0 Å². The van der Waals surface area contributed by atoms with Crippen molar-refractivity contribution < 1.29 is 19.7 Å². The number of pyridine rings is 1. The maximum absolute atomic E-state index is 10.4. The largest absolute Gasteiger partial charge is 0.487 e. The lowest BCUT2D eigenvalue weighted by molar-refractivity contribution is 0.161. The van der Waals surface area contributed by atoms with E-state index < -0.39 is 12.2 Å². The lowest BCUT2D eigenvalue weighted by atomic mass is 10.1. The van der Waals surface area contributed by atoms with Gasteiger partial charge >= 0.3 is 6.09 Å². The molecule has 1 aromatic heterocycles. The normalized spacial score (nSPS) is 11.7. The van der Waals surface area contributed by atoms with Crippen molar-refractivity contribution in [2.24, 2.45) is 0 Å². The highest BCUT2D eigenvalue weighted by Gasteiger charge is 2.09. The van der Waals surface area contributed by atoms with Crippen molar-refractivity contribution in [2.45, 2.75) is 26.1 Å². The van der Waals surface area contributed by atoms with Crippen LogP contribution in [0, 0.1) is 6.92 Å². The van der Waals surface area contributed by atoms with Crippen molar-refractivity contribution in [2.75, 3.05) is 6.54 Å². The van der Waals surface area contributed by atoms with Crippen LogP contribution in [-0.4, -0.2) is 27.8 Å². The molecule has 1 heterocycles. The van der Waals surface area contributed by atoms with Gasteiger partial charge < -0.3 is 20.3 Å². The zero-order valence-corrected chi connectivity index (χ0v) is 12.9. The minimum absolute atomic E-state index is 0.189. The molecule has 1 unspecified atom stereocenters. The summed E-state index contributed by atoms with van der Waals surface area (Å²) < 4.78 is 5.70. The molecule has 0 radical (unpaired) electrons. The summed E-state index contributed by atoms with van der Waals surface area (Å²) in [6.45, 7) is 2.46. The maximum Gasteiger partial charge on any atom is 0.404 e. The van der Waals surface area contributed by atoms with Crippen LogP contribution in [0.4, 0.5) is 4.79 Å². The highest BCUT2D eigenvalue weighted by atomic mass is 16.5. The lowest BCUT2D eigenvalue weighted by Crippen LogP contribution is -2.23. The molecular weight excluding hydrogens is 296 g/mol. The fraction of sp³-hybridized carbons (Fsp3) is 0.294. The number of rotatable bonds is 7. The van der Waals surface area contributed by atoms with E-state index in [4.69, 9.17) is 9.84 Å². The molecule has 3 N–H and O–H groups in total. The number of carbonyl (C=O) groups is 1. The Morgan fingerprint density at radius 3 is 2.83 bits per heavy atom. The number of nitrogens with one attached hydrogen (secondary N) is 1. The Balaban J connectivity index is 1.92. The molecule has 0 aliphatic rings. The van der Waals surface area contributed by atoms with Crippen LogP contribution in [0.5, 0.6) is 5.75 Å². The molecule has 23 heavy (non-hydrogen) atoms. The van der Waals surface area contributed by atoms with E-state index in [0.717, 1.165) is 11.4 Å². The number of aliphatic hydroxyl groups excluding tert-OH is 1. The molecule has 0 spiro atoms. The van der Waals surface area contributed by atoms with Crippen molar-refractivity contribution in [1.29, 1.82) is 0 Å². The average Bonchev–Trinajstić information content (AvgIpc) is 2.53. The highest BCUT2D eigenvalue weighted by Crippen LogP contribution is 2.22. The van der Waals surface area contributed by atoms with Gasteiger partial charge in [-0.1, -0.05) is 18.2 Å². The minimum Gasteiger partial charge on any atom is -0.487 e. The van der Waals surface area contributed by atoms with Gasteiger partial charge in [0.25, 0.3) is 0 Å². The average molecular weight is 316 g/mol. The smallest absolute Gasteiger partial charge is 0.404 e. The Labute approximate surface area is 134 Å². The first-order valence-corrected chi connectivity index (χ1v) is 7.35. The second-order valence-electron chi connectivity index (χ2n) is 5.17. The number of aliphatic hydroxyl groups is 1. The first kappa shape index (κ1) is 16.8. The predicted molar refractivity (Wildman–Crippen MR) is 85.4 cm³/mol. The van der Waals surface area contributed by atoms with E-state index in [0.29, 0.717) is 24.3 Å². The lowest BCUT2D eigenvalue weighted by Gasteiger charge is -2.13. The van der Waals surface area contributed by atoms with Crippen LogP contribution in [0.1, 0.15) is 29.5 Å². The molecule has 0 aliphatic carbocycles. The Morgan fingerprint density at radius 2 is 2.09 bits per heavy atom. The fourth-order valence-corrected chi connectivity index (χ4v) is 2.13. The molecule has 1 atom stereocenters. The molecule has 6 nitrogen and oxygen atoms in total. The van der Waals surface area contributed by atoms with Crippen LogP contribution in [0.15, 0.2) is 42.5 Å². The Kier molecular flexibility index (Phi) is 5.94. The molecule has 1 amide bonds. The number of carboxylic acid groups (broad SMARTS) is 1. The van der Waals surface area contributed by atoms with Gasteiger partial charge in [-0.2, -0.15) is 0 Å². The summed E-state index contributed by atoms with van der Waals surface area (Å²) in [4.78, 5) is 14.8. The highest BCUT2D eigenvalue weighted by molar-refractivity contribution is 5.64. The molecule has 122 valence electrons. The minimum atomic E-state index is -1.10. The van der Waals surface area contributed by atoms with Crippen molar-refractivity contribution in [3.63, 3.8) is 0 Å². The van der Waals surface area contributed by atoms with E-state index in [1.807, 2.05) is 31.2 Å². The van der Waals surface area contributed by atoms with Crippen molar-refractivity contribution in [3.05, 3.63) is 59.4 Å². The second kappa shape index (κ2) is 8.14. The summed E-state index contributed by atoms with van der Waals surface area (Å²) in [5.74, 6) is 0.635. The second-order valence-corrected chi connectivity index (χ2v) is 5.17. The molecule has 2 aromatic rings. The molecule has 0 fully saturated rings. The summed E-state index contributed by atoms with van der Waals surface area (Å²) in [5.41, 5.74) is 2.45. The van der Waals surface area contributed by atoms with Gasteiger partial charge in [-0.15, -0.1) is 0 Å². The van der Waals surface area contributed by atoms with E-state index in [-0.39, 0.29) is 6.54 Å². The molecule has 0 aliphatic heterocycles. The molecule has 1 aromatic carbocycles. The van der Waals surface area contributed by atoms with Gasteiger partial charge in [-0.3, -0.25) is 4.98 Å². The van der Waals surface area contributed by atoms with Gasteiger partial charge in [0.05, 0.1) is 11.8 Å².